The van der Waals surface area contributed by atoms with Gasteiger partial charge in [-0.25, -0.2) is 0 Å². The predicted molar refractivity (Wildman–Crippen MR) is 356 cm³/mol. The van der Waals surface area contributed by atoms with E-state index in [-0.39, 0.29) is 18.9 Å². The number of nitrogens with one attached hydrogen (secondary N) is 1. The molecular weight excluding hydrogens is 1170 g/mol. The van der Waals surface area contributed by atoms with E-state index in [1.807, 2.05) is 6.08 Å². The molecule has 0 spiro atoms. The van der Waals surface area contributed by atoms with E-state index < -0.39 is 124 Å². The van der Waals surface area contributed by atoms with Gasteiger partial charge in [0.25, 0.3) is 0 Å². The van der Waals surface area contributed by atoms with Crippen molar-refractivity contribution in [2.45, 2.75) is 401 Å². The lowest BCUT2D eigenvalue weighted by Gasteiger charge is -2.48. The number of rotatable bonds is 58. The van der Waals surface area contributed by atoms with Crippen LogP contribution in [0.15, 0.2) is 24.3 Å². The lowest BCUT2D eigenvalue weighted by Crippen LogP contribution is -2.66. The Morgan fingerprint density at radius 2 is 0.703 bits per heavy atom. The molecule has 3 heterocycles. The third kappa shape index (κ3) is 35.9. The molecule has 3 aliphatic heterocycles. The largest absolute Gasteiger partial charge is 0.394 e. The number of unbranched alkanes of at least 4 members (excludes halogenated alkanes) is 40. The molecule has 0 aromatic heterocycles. The Morgan fingerprint density at radius 1 is 0.385 bits per heavy atom. The quantitative estimate of drug-likeness (QED) is 0.0199. The lowest BCUT2D eigenvalue weighted by atomic mass is 9.96. The number of amides is 1. The first kappa shape index (κ1) is 83.5. The average Bonchev–Trinajstić information content (AvgIpc) is 0.884. The van der Waals surface area contributed by atoms with Crippen LogP contribution in [-0.2, 0) is 33.2 Å². The number of aliphatic hydroxyl groups excluding tert-OH is 11. The van der Waals surface area contributed by atoms with Crippen molar-refractivity contribution in [3.8, 4) is 0 Å². The highest BCUT2D eigenvalue weighted by Crippen LogP contribution is 2.33. The molecule has 19 nitrogen and oxygen atoms in total. The smallest absolute Gasteiger partial charge is 0.220 e. The summed E-state index contributed by atoms with van der Waals surface area (Å²) in [5.41, 5.74) is 0. The van der Waals surface area contributed by atoms with Gasteiger partial charge >= 0.3 is 0 Å². The van der Waals surface area contributed by atoms with E-state index in [1.54, 1.807) is 6.08 Å². The minimum absolute atomic E-state index is 0.241. The molecule has 12 N–H and O–H groups in total. The Morgan fingerprint density at radius 3 is 1.10 bits per heavy atom. The van der Waals surface area contributed by atoms with E-state index in [0.29, 0.717) is 12.8 Å². The van der Waals surface area contributed by atoms with E-state index in [9.17, 15) is 61.0 Å². The lowest BCUT2D eigenvalue weighted by molar-refractivity contribution is -0.379. The zero-order chi connectivity index (χ0) is 66.1. The van der Waals surface area contributed by atoms with Gasteiger partial charge in [0.2, 0.25) is 5.91 Å². The van der Waals surface area contributed by atoms with Crippen LogP contribution in [-0.4, -0.2) is 193 Å². The SMILES string of the molecule is CCCCCCCCCCCCCCCCCCC/C=C/CC/C=C/C(O)C(COC1OC(CO)C(OC2OC(CO)C(OC3OC(CO)C(O)C(O)C3O)C(O)C2O)C(O)C1O)NC(=O)CCCCCCCCCCCCCCCCCCCCCCCCC. The molecule has 3 saturated heterocycles. The first-order valence-corrected chi connectivity index (χ1v) is 37.1. The van der Waals surface area contributed by atoms with Crippen LogP contribution in [0.3, 0.4) is 0 Å². The van der Waals surface area contributed by atoms with Gasteiger partial charge in [-0.05, 0) is 32.1 Å². The topological polar surface area (TPSA) is 307 Å². The summed E-state index contributed by atoms with van der Waals surface area (Å²) in [6.07, 6.45) is 35.9. The molecule has 91 heavy (non-hydrogen) atoms. The molecule has 17 unspecified atom stereocenters. The first-order chi connectivity index (χ1) is 44.3. The van der Waals surface area contributed by atoms with E-state index in [2.05, 4.69) is 31.3 Å². The number of hydrogen-bond donors (Lipinski definition) is 12. The van der Waals surface area contributed by atoms with Gasteiger partial charge in [0.05, 0.1) is 38.6 Å². The molecule has 3 fully saturated rings. The van der Waals surface area contributed by atoms with Crippen LogP contribution in [0, 0.1) is 0 Å². The van der Waals surface area contributed by atoms with Crippen LogP contribution in [0.1, 0.15) is 296 Å². The monoisotopic (exact) mass is 1300 g/mol. The molecule has 0 aromatic carbocycles. The van der Waals surface area contributed by atoms with Gasteiger partial charge in [-0.2, -0.15) is 0 Å². The van der Waals surface area contributed by atoms with Crippen molar-refractivity contribution in [1.29, 1.82) is 0 Å². The normalized spacial score (nSPS) is 27.9. The fraction of sp³-hybridized carbons (Fsp3) is 0.931. The summed E-state index contributed by atoms with van der Waals surface area (Å²) in [6.45, 7) is 1.76. The summed E-state index contributed by atoms with van der Waals surface area (Å²) in [7, 11) is 0. The molecule has 3 aliphatic rings. The first-order valence-electron chi connectivity index (χ1n) is 37.1. The highest BCUT2D eigenvalue weighted by atomic mass is 16.8. The summed E-state index contributed by atoms with van der Waals surface area (Å²) in [6, 6.07) is -0.987. The van der Waals surface area contributed by atoms with Crippen molar-refractivity contribution in [2.24, 2.45) is 0 Å². The van der Waals surface area contributed by atoms with Gasteiger partial charge in [-0.3, -0.25) is 4.79 Å². The van der Waals surface area contributed by atoms with E-state index in [1.165, 1.54) is 225 Å². The fourth-order valence-corrected chi connectivity index (χ4v) is 12.7. The highest BCUT2D eigenvalue weighted by molar-refractivity contribution is 5.76. The summed E-state index contributed by atoms with van der Waals surface area (Å²) < 4.78 is 34.4. The second-order valence-corrected chi connectivity index (χ2v) is 26.8. The Labute approximate surface area is 549 Å². The number of hydrogen-bond acceptors (Lipinski definition) is 18. The van der Waals surface area contributed by atoms with Gasteiger partial charge < -0.3 is 89.9 Å². The van der Waals surface area contributed by atoms with Crippen LogP contribution < -0.4 is 5.32 Å². The molecule has 0 aliphatic carbocycles. The maximum atomic E-state index is 13.4. The van der Waals surface area contributed by atoms with Gasteiger partial charge in [-0.15, -0.1) is 0 Å². The summed E-state index contributed by atoms with van der Waals surface area (Å²) in [5.74, 6) is -0.279. The van der Waals surface area contributed by atoms with Crippen LogP contribution in [0.25, 0.3) is 0 Å². The zero-order valence-corrected chi connectivity index (χ0v) is 56.8. The van der Waals surface area contributed by atoms with Crippen molar-refractivity contribution in [2.75, 3.05) is 26.4 Å². The van der Waals surface area contributed by atoms with Gasteiger partial charge in [-0.1, -0.05) is 282 Å². The van der Waals surface area contributed by atoms with Crippen LogP contribution in [0.4, 0.5) is 0 Å². The molecule has 17 atom stereocenters. The Balaban J connectivity index is 1.43. The van der Waals surface area contributed by atoms with Crippen LogP contribution >= 0.6 is 0 Å². The number of carbonyl (C=O) groups excluding carboxylic acids is 1. The third-order valence-electron chi connectivity index (χ3n) is 18.8. The van der Waals surface area contributed by atoms with Crippen molar-refractivity contribution in [3.63, 3.8) is 0 Å². The molecule has 3 rings (SSSR count). The van der Waals surface area contributed by atoms with Gasteiger partial charge in [0.1, 0.15) is 73.2 Å². The molecule has 0 bridgehead atoms. The molecule has 536 valence electrons. The number of ether oxygens (including phenoxy) is 6. The minimum atomic E-state index is -1.98. The minimum Gasteiger partial charge on any atom is -0.394 e. The molecular formula is C72H135NO18. The Bertz CT molecular complexity index is 1750. The predicted octanol–water partition coefficient (Wildman–Crippen LogP) is 10.6. The second kappa shape index (κ2) is 54.3. The number of allylic oxidation sites excluding steroid dienone is 3. The fourth-order valence-electron chi connectivity index (χ4n) is 12.7. The average molecular weight is 1300 g/mol. The van der Waals surface area contributed by atoms with Crippen molar-refractivity contribution >= 4 is 5.91 Å². The van der Waals surface area contributed by atoms with Crippen molar-refractivity contribution in [3.05, 3.63) is 24.3 Å². The van der Waals surface area contributed by atoms with Crippen LogP contribution in [0.2, 0.25) is 0 Å². The van der Waals surface area contributed by atoms with E-state index >= 15 is 0 Å². The van der Waals surface area contributed by atoms with E-state index in [0.717, 1.165) is 38.5 Å². The van der Waals surface area contributed by atoms with Gasteiger partial charge in [0, 0.05) is 6.42 Å². The molecule has 1 amide bonds. The number of aliphatic hydroxyl groups is 11. The third-order valence-corrected chi connectivity index (χ3v) is 18.8. The summed E-state index contributed by atoms with van der Waals surface area (Å²) >= 11 is 0. The van der Waals surface area contributed by atoms with Crippen molar-refractivity contribution in [1.82, 2.24) is 5.32 Å². The molecule has 0 aromatic rings. The van der Waals surface area contributed by atoms with Crippen LogP contribution in [0.5, 0.6) is 0 Å². The zero-order valence-electron chi connectivity index (χ0n) is 56.8. The maximum Gasteiger partial charge on any atom is 0.220 e. The number of carbonyl (C=O) groups is 1. The van der Waals surface area contributed by atoms with Crippen molar-refractivity contribution < 1.29 is 89.4 Å². The molecule has 19 heteroatoms. The van der Waals surface area contributed by atoms with E-state index in [4.69, 9.17) is 28.4 Å². The standard InChI is InChI=1S/C72H135NO18/c1-3-5-7-9-11-13-15-17-19-21-23-25-27-29-31-33-35-37-39-41-43-45-47-49-56(77)55(73-60(78)50-48-46-44-42-40-38-36-34-32-30-28-26-24-22-20-18-16-14-12-10-8-6-4-2)54-86-70-66(84)63(81)68(58(52-75)88-70)91-72-67(85)64(82)69(59(53-76)89-72)90-71-65(83)62(80)61(79)57(51-74)87-71/h39,41,47,49,55-59,61-72,74-77,79-85H,3-38,40,42-46,48,50-54H2,1-2H3,(H,73,78)/b41-39+,49-47+. The van der Waals surface area contributed by atoms with Gasteiger partial charge in [0.15, 0.2) is 18.9 Å². The Hall–Kier alpha value is -1.73. The Kier molecular flexibility index (Phi) is 49.8. The second-order valence-electron chi connectivity index (χ2n) is 26.8. The molecule has 0 saturated carbocycles. The molecule has 0 radical (unpaired) electrons. The summed E-state index contributed by atoms with van der Waals surface area (Å²) in [4.78, 5) is 13.4. The highest BCUT2D eigenvalue weighted by Gasteiger charge is 2.53. The maximum absolute atomic E-state index is 13.4. The summed E-state index contributed by atoms with van der Waals surface area (Å²) in [5, 5.41) is 121.